The first-order valence-electron chi connectivity index (χ1n) is 4.17. The summed E-state index contributed by atoms with van der Waals surface area (Å²) in [5.41, 5.74) is -1.02. The van der Waals surface area contributed by atoms with Crippen molar-refractivity contribution in [1.82, 2.24) is 4.98 Å². The van der Waals surface area contributed by atoms with Gasteiger partial charge in [-0.1, -0.05) is 11.8 Å². The average molecular weight is 231 g/mol. The lowest BCUT2D eigenvalue weighted by Gasteiger charge is -2.06. The molecule has 0 saturated carbocycles. The molecule has 0 atom stereocenters. The van der Waals surface area contributed by atoms with Crippen LogP contribution in [-0.4, -0.2) is 10.7 Å². The van der Waals surface area contributed by atoms with Crippen molar-refractivity contribution in [2.75, 3.05) is 5.75 Å². The first-order chi connectivity index (χ1) is 7.05. The van der Waals surface area contributed by atoms with E-state index >= 15 is 0 Å². The lowest BCUT2D eigenvalue weighted by atomic mass is 10.2. The van der Waals surface area contributed by atoms with Crippen LogP contribution in [0.15, 0.2) is 18.3 Å². The highest BCUT2D eigenvalue weighted by Crippen LogP contribution is 2.29. The number of hydrogen-bond donors (Lipinski definition) is 1. The Hall–Kier alpha value is -1.15. The Morgan fingerprint density at radius 1 is 1.40 bits per heavy atom. The van der Waals surface area contributed by atoms with E-state index in [0.717, 1.165) is 6.20 Å². The van der Waals surface area contributed by atoms with Crippen molar-refractivity contribution in [3.8, 4) is 11.8 Å². The molecule has 0 radical (unpaired) electrons. The molecular formula is C10H8F3NS. The summed E-state index contributed by atoms with van der Waals surface area (Å²) in [6, 6.07) is 2.74. The van der Waals surface area contributed by atoms with Crippen LogP contribution in [0.4, 0.5) is 13.2 Å². The molecule has 0 aliphatic rings. The zero-order valence-electron chi connectivity index (χ0n) is 7.67. The topological polar surface area (TPSA) is 12.9 Å². The molecule has 80 valence electrons. The fourth-order valence-electron chi connectivity index (χ4n) is 0.946. The van der Waals surface area contributed by atoms with Gasteiger partial charge in [0.15, 0.2) is 5.69 Å². The normalized spacial score (nSPS) is 10.7. The second-order valence-electron chi connectivity index (χ2n) is 2.67. The molecule has 1 aromatic rings. The van der Waals surface area contributed by atoms with Crippen LogP contribution in [0.5, 0.6) is 0 Å². The molecule has 0 fully saturated rings. The van der Waals surface area contributed by atoms with E-state index in [1.54, 1.807) is 0 Å². The Morgan fingerprint density at radius 3 is 2.73 bits per heavy atom. The zero-order valence-corrected chi connectivity index (χ0v) is 8.57. The van der Waals surface area contributed by atoms with Crippen molar-refractivity contribution < 1.29 is 13.2 Å². The van der Waals surface area contributed by atoms with Gasteiger partial charge in [-0.05, 0) is 12.1 Å². The van der Waals surface area contributed by atoms with Gasteiger partial charge in [-0.25, -0.2) is 0 Å². The van der Waals surface area contributed by atoms with Crippen LogP contribution < -0.4 is 0 Å². The molecule has 15 heavy (non-hydrogen) atoms. The SMILES string of the molecule is FC(F)(F)c1ncccc1C#CCCS. The minimum atomic E-state index is -4.45. The minimum absolute atomic E-state index is 0.0909. The lowest BCUT2D eigenvalue weighted by Crippen LogP contribution is -2.10. The molecule has 0 saturated heterocycles. The molecule has 0 unspecified atom stereocenters. The Labute approximate surface area is 91.1 Å². The number of halogens is 3. The summed E-state index contributed by atoms with van der Waals surface area (Å²) in [4.78, 5) is 3.28. The zero-order chi connectivity index (χ0) is 11.3. The molecule has 5 heteroatoms. The highest BCUT2D eigenvalue weighted by atomic mass is 32.1. The number of alkyl halides is 3. The van der Waals surface area contributed by atoms with Crippen LogP contribution in [-0.2, 0) is 6.18 Å². The first-order valence-corrected chi connectivity index (χ1v) is 4.81. The molecule has 0 bridgehead atoms. The van der Waals surface area contributed by atoms with Crippen molar-refractivity contribution in [3.63, 3.8) is 0 Å². The van der Waals surface area contributed by atoms with Crippen molar-refractivity contribution in [3.05, 3.63) is 29.6 Å². The predicted molar refractivity (Wildman–Crippen MR) is 54.6 cm³/mol. The molecule has 1 rings (SSSR count). The molecule has 0 spiro atoms. The summed E-state index contributed by atoms with van der Waals surface area (Å²) in [6.07, 6.45) is -2.89. The van der Waals surface area contributed by atoms with E-state index in [0.29, 0.717) is 12.2 Å². The highest BCUT2D eigenvalue weighted by Gasteiger charge is 2.34. The predicted octanol–water partition coefficient (Wildman–Crippen LogP) is 2.77. The molecule has 0 aromatic carbocycles. The highest BCUT2D eigenvalue weighted by molar-refractivity contribution is 7.80. The van der Waals surface area contributed by atoms with Crippen molar-refractivity contribution in [2.24, 2.45) is 0 Å². The van der Waals surface area contributed by atoms with Gasteiger partial charge in [0.25, 0.3) is 0 Å². The standard InChI is InChI=1S/C10H8F3NS/c11-10(12,13)9-8(4-1-2-7-15)5-3-6-14-9/h3,5-6,15H,2,7H2. The monoisotopic (exact) mass is 231 g/mol. The Morgan fingerprint density at radius 2 is 2.13 bits per heavy atom. The second-order valence-corrected chi connectivity index (χ2v) is 3.12. The van der Waals surface area contributed by atoms with Gasteiger partial charge in [-0.2, -0.15) is 25.8 Å². The molecule has 0 amide bonds. The van der Waals surface area contributed by atoms with Crippen LogP contribution in [0.2, 0.25) is 0 Å². The van der Waals surface area contributed by atoms with Crippen LogP contribution in [0.1, 0.15) is 17.7 Å². The van der Waals surface area contributed by atoms with Gasteiger partial charge < -0.3 is 0 Å². The van der Waals surface area contributed by atoms with Crippen LogP contribution in [0.3, 0.4) is 0 Å². The number of pyridine rings is 1. The molecule has 0 aliphatic carbocycles. The van der Waals surface area contributed by atoms with Crippen molar-refractivity contribution in [1.29, 1.82) is 0 Å². The van der Waals surface area contributed by atoms with E-state index in [4.69, 9.17) is 0 Å². The number of rotatable bonds is 1. The van der Waals surface area contributed by atoms with Gasteiger partial charge in [0.05, 0.1) is 5.56 Å². The van der Waals surface area contributed by atoms with E-state index in [-0.39, 0.29) is 5.56 Å². The van der Waals surface area contributed by atoms with Crippen LogP contribution in [0.25, 0.3) is 0 Å². The van der Waals surface area contributed by atoms with Crippen LogP contribution >= 0.6 is 12.6 Å². The third kappa shape index (κ3) is 3.48. The Bertz CT molecular complexity index is 390. The Kier molecular flexibility index (Phi) is 4.04. The quantitative estimate of drug-likeness (QED) is 0.579. The van der Waals surface area contributed by atoms with Gasteiger partial charge in [-0.15, -0.1) is 0 Å². The third-order valence-electron chi connectivity index (χ3n) is 1.54. The molecule has 0 N–H and O–H groups in total. The number of nitrogens with zero attached hydrogens (tertiary/aromatic N) is 1. The summed E-state index contributed by atoms with van der Waals surface area (Å²) in [7, 11) is 0. The molecule has 1 heterocycles. The second kappa shape index (κ2) is 5.08. The molecule has 1 aromatic heterocycles. The number of thiol groups is 1. The van der Waals surface area contributed by atoms with Crippen molar-refractivity contribution in [2.45, 2.75) is 12.6 Å². The van der Waals surface area contributed by atoms with Gasteiger partial charge in [0, 0.05) is 18.4 Å². The van der Waals surface area contributed by atoms with Gasteiger partial charge in [0.1, 0.15) is 0 Å². The van der Waals surface area contributed by atoms with E-state index < -0.39 is 11.9 Å². The fraction of sp³-hybridized carbons (Fsp3) is 0.300. The smallest absolute Gasteiger partial charge is 0.251 e. The maximum atomic E-state index is 12.4. The van der Waals surface area contributed by atoms with E-state index in [9.17, 15) is 13.2 Å². The maximum Gasteiger partial charge on any atom is 0.434 e. The molecule has 0 aliphatic heterocycles. The largest absolute Gasteiger partial charge is 0.434 e. The molecule has 1 nitrogen and oxygen atoms in total. The summed E-state index contributed by atoms with van der Waals surface area (Å²) in [6.45, 7) is 0. The summed E-state index contributed by atoms with van der Waals surface area (Å²) < 4.78 is 37.2. The van der Waals surface area contributed by atoms with E-state index in [1.165, 1.54) is 12.1 Å². The van der Waals surface area contributed by atoms with Gasteiger partial charge in [0.2, 0.25) is 0 Å². The lowest BCUT2D eigenvalue weighted by molar-refractivity contribution is -0.141. The van der Waals surface area contributed by atoms with Gasteiger partial charge >= 0.3 is 6.18 Å². The average Bonchev–Trinajstić information content (AvgIpc) is 2.17. The summed E-state index contributed by atoms with van der Waals surface area (Å²) in [5, 5.41) is 0. The fourth-order valence-corrected chi connectivity index (χ4v) is 1.06. The maximum absolute atomic E-state index is 12.4. The number of hydrogen-bond acceptors (Lipinski definition) is 2. The molecular weight excluding hydrogens is 223 g/mol. The van der Waals surface area contributed by atoms with Gasteiger partial charge in [-0.3, -0.25) is 4.98 Å². The third-order valence-corrected chi connectivity index (χ3v) is 1.76. The van der Waals surface area contributed by atoms with Crippen LogP contribution in [0, 0.1) is 11.8 Å². The Balaban J connectivity index is 3.04. The van der Waals surface area contributed by atoms with E-state index in [2.05, 4.69) is 29.5 Å². The number of aromatic nitrogens is 1. The summed E-state index contributed by atoms with van der Waals surface area (Å²) in [5.74, 6) is 5.56. The first kappa shape index (κ1) is 11.9. The van der Waals surface area contributed by atoms with E-state index in [1.807, 2.05) is 0 Å². The van der Waals surface area contributed by atoms with Crippen molar-refractivity contribution >= 4 is 12.6 Å². The minimum Gasteiger partial charge on any atom is -0.251 e. The summed E-state index contributed by atoms with van der Waals surface area (Å²) >= 11 is 3.91.